The number of nitrogens with zero attached hydrogens (tertiary/aromatic N) is 1. The van der Waals surface area contributed by atoms with Crippen molar-refractivity contribution >= 4 is 17.5 Å². The van der Waals surface area contributed by atoms with Crippen LogP contribution in [0, 0.1) is 11.3 Å². The summed E-state index contributed by atoms with van der Waals surface area (Å²) in [6.07, 6.45) is 0.702. The van der Waals surface area contributed by atoms with Crippen LogP contribution in [0.3, 0.4) is 0 Å². The lowest BCUT2D eigenvalue weighted by molar-refractivity contribution is 0.0950. The highest BCUT2D eigenvalue weighted by molar-refractivity contribution is 6.17. The highest BCUT2D eigenvalue weighted by atomic mass is 35.5. The van der Waals surface area contributed by atoms with E-state index in [2.05, 4.69) is 5.32 Å². The number of nitriles is 1. The minimum absolute atomic E-state index is 0.260. The molecule has 1 N–H and O–H groups in total. The summed E-state index contributed by atoms with van der Waals surface area (Å²) in [7, 11) is 1.48. The Morgan fingerprint density at radius 1 is 1.59 bits per heavy atom. The van der Waals surface area contributed by atoms with Crippen LogP contribution in [0.5, 0.6) is 5.75 Å². The molecule has 0 radical (unpaired) electrons. The number of halogens is 1. The summed E-state index contributed by atoms with van der Waals surface area (Å²) in [4.78, 5) is 11.8. The van der Waals surface area contributed by atoms with Gasteiger partial charge < -0.3 is 10.1 Å². The van der Waals surface area contributed by atoms with E-state index in [1.807, 2.05) is 6.07 Å². The number of carbonyl (C=O) groups excluding carboxylic acids is 1. The van der Waals surface area contributed by atoms with Crippen molar-refractivity contribution in [3.63, 3.8) is 0 Å². The van der Waals surface area contributed by atoms with Crippen molar-refractivity contribution in [1.82, 2.24) is 5.32 Å². The van der Waals surface area contributed by atoms with Crippen molar-refractivity contribution < 1.29 is 9.53 Å². The summed E-state index contributed by atoms with van der Waals surface area (Å²) in [6.45, 7) is 0.502. The van der Waals surface area contributed by atoms with Crippen molar-refractivity contribution in [2.75, 3.05) is 19.5 Å². The summed E-state index contributed by atoms with van der Waals surface area (Å²) in [5, 5.41) is 11.5. The van der Waals surface area contributed by atoms with E-state index >= 15 is 0 Å². The number of nitrogens with one attached hydrogen (secondary N) is 1. The van der Waals surface area contributed by atoms with E-state index in [1.165, 1.54) is 13.2 Å². The Bertz CT molecular complexity index is 441. The molecule has 0 aliphatic carbocycles. The fourth-order valence-electron chi connectivity index (χ4n) is 1.32. The first-order chi connectivity index (χ1) is 8.22. The minimum Gasteiger partial charge on any atom is -0.496 e. The standard InChI is InChI=1S/C12H13ClN2O2/c1-17-11-4-3-9(8-14)7-10(11)12(16)15-6-2-5-13/h3-4,7H,2,5-6H2,1H3,(H,15,16). The van der Waals surface area contributed by atoms with Crippen molar-refractivity contribution in [2.45, 2.75) is 6.42 Å². The molecule has 0 spiro atoms. The van der Waals surface area contributed by atoms with Gasteiger partial charge in [-0.1, -0.05) is 0 Å². The zero-order chi connectivity index (χ0) is 12.7. The highest BCUT2D eigenvalue weighted by Crippen LogP contribution is 2.19. The molecule has 1 amide bonds. The van der Waals surface area contributed by atoms with Crippen LogP contribution in [0.2, 0.25) is 0 Å². The van der Waals surface area contributed by atoms with Gasteiger partial charge in [0.1, 0.15) is 5.75 Å². The lowest BCUT2D eigenvalue weighted by Gasteiger charge is -2.09. The Morgan fingerprint density at radius 2 is 2.35 bits per heavy atom. The van der Waals surface area contributed by atoms with E-state index < -0.39 is 0 Å². The molecule has 4 nitrogen and oxygen atoms in total. The second-order valence-electron chi connectivity index (χ2n) is 3.33. The van der Waals surface area contributed by atoms with Gasteiger partial charge in [0.15, 0.2) is 0 Å². The van der Waals surface area contributed by atoms with Gasteiger partial charge in [0.25, 0.3) is 5.91 Å². The number of rotatable bonds is 5. The Balaban J connectivity index is 2.86. The zero-order valence-corrected chi connectivity index (χ0v) is 10.3. The quantitative estimate of drug-likeness (QED) is 0.643. The summed E-state index contributed by atoms with van der Waals surface area (Å²) in [5.41, 5.74) is 0.786. The molecule has 5 heteroatoms. The van der Waals surface area contributed by atoms with E-state index in [9.17, 15) is 4.79 Å². The molecule has 0 aliphatic heterocycles. The van der Waals surface area contributed by atoms with E-state index in [0.717, 1.165) is 0 Å². The number of carbonyl (C=O) groups is 1. The lowest BCUT2D eigenvalue weighted by Crippen LogP contribution is -2.25. The smallest absolute Gasteiger partial charge is 0.255 e. The number of amides is 1. The molecule has 1 rings (SSSR count). The number of methoxy groups -OCH3 is 1. The predicted molar refractivity (Wildman–Crippen MR) is 65.4 cm³/mol. The first-order valence-electron chi connectivity index (χ1n) is 5.15. The Morgan fingerprint density at radius 3 is 2.94 bits per heavy atom. The van der Waals surface area contributed by atoms with Crippen LogP contribution in [0.4, 0.5) is 0 Å². The van der Waals surface area contributed by atoms with Gasteiger partial charge in [-0.25, -0.2) is 0 Å². The van der Waals surface area contributed by atoms with Crippen LogP contribution in [0.1, 0.15) is 22.3 Å². The first kappa shape index (κ1) is 13.3. The molecular weight excluding hydrogens is 240 g/mol. The molecule has 0 unspecified atom stereocenters. The van der Waals surface area contributed by atoms with Crippen LogP contribution < -0.4 is 10.1 Å². The molecule has 0 atom stereocenters. The van der Waals surface area contributed by atoms with Crippen LogP contribution in [0.15, 0.2) is 18.2 Å². The van der Waals surface area contributed by atoms with E-state index in [0.29, 0.717) is 35.7 Å². The molecule has 0 aliphatic rings. The van der Waals surface area contributed by atoms with Crippen molar-refractivity contribution in [3.05, 3.63) is 29.3 Å². The fraction of sp³-hybridized carbons (Fsp3) is 0.333. The molecule has 0 aromatic heterocycles. The first-order valence-corrected chi connectivity index (χ1v) is 5.68. The molecule has 0 saturated heterocycles. The third-order valence-electron chi connectivity index (χ3n) is 2.17. The predicted octanol–water partition coefficient (Wildman–Crippen LogP) is 1.93. The van der Waals surface area contributed by atoms with E-state index in [1.54, 1.807) is 12.1 Å². The molecule has 0 fully saturated rings. The maximum Gasteiger partial charge on any atom is 0.255 e. The Kier molecular flexibility index (Phi) is 5.31. The van der Waals surface area contributed by atoms with Gasteiger partial charge in [-0.3, -0.25) is 4.79 Å². The van der Waals surface area contributed by atoms with Gasteiger partial charge in [-0.15, -0.1) is 11.6 Å². The number of hydrogen-bond acceptors (Lipinski definition) is 3. The van der Waals surface area contributed by atoms with Crippen LogP contribution in [0.25, 0.3) is 0 Å². The Hall–Kier alpha value is -1.73. The molecule has 0 saturated carbocycles. The molecular formula is C12H13ClN2O2. The number of ether oxygens (including phenoxy) is 1. The highest BCUT2D eigenvalue weighted by Gasteiger charge is 2.12. The number of alkyl halides is 1. The topological polar surface area (TPSA) is 62.1 Å². The average molecular weight is 253 g/mol. The zero-order valence-electron chi connectivity index (χ0n) is 9.50. The normalized spacial score (nSPS) is 9.47. The fourth-order valence-corrected chi connectivity index (χ4v) is 1.45. The summed E-state index contributed by atoms with van der Waals surface area (Å²) in [5.74, 6) is 0.687. The van der Waals surface area contributed by atoms with Gasteiger partial charge in [0.05, 0.1) is 24.3 Å². The summed E-state index contributed by atoms with van der Waals surface area (Å²) in [6, 6.07) is 6.70. The van der Waals surface area contributed by atoms with E-state index in [-0.39, 0.29) is 5.91 Å². The maximum atomic E-state index is 11.8. The SMILES string of the molecule is COc1ccc(C#N)cc1C(=O)NCCCCl. The van der Waals surface area contributed by atoms with Gasteiger partial charge >= 0.3 is 0 Å². The average Bonchev–Trinajstić information content (AvgIpc) is 2.38. The third kappa shape index (κ3) is 3.65. The summed E-state index contributed by atoms with van der Waals surface area (Å²) >= 11 is 5.52. The molecule has 17 heavy (non-hydrogen) atoms. The van der Waals surface area contributed by atoms with Crippen molar-refractivity contribution in [1.29, 1.82) is 5.26 Å². The van der Waals surface area contributed by atoms with Crippen LogP contribution >= 0.6 is 11.6 Å². The van der Waals surface area contributed by atoms with Gasteiger partial charge in [0, 0.05) is 12.4 Å². The molecule has 0 heterocycles. The second-order valence-corrected chi connectivity index (χ2v) is 3.70. The largest absolute Gasteiger partial charge is 0.496 e. The van der Waals surface area contributed by atoms with Crippen LogP contribution in [-0.2, 0) is 0 Å². The van der Waals surface area contributed by atoms with Crippen molar-refractivity contribution in [2.24, 2.45) is 0 Å². The third-order valence-corrected chi connectivity index (χ3v) is 2.44. The van der Waals surface area contributed by atoms with Crippen molar-refractivity contribution in [3.8, 4) is 11.8 Å². The van der Waals surface area contributed by atoms with Gasteiger partial charge in [0.2, 0.25) is 0 Å². The minimum atomic E-state index is -0.260. The molecule has 0 bridgehead atoms. The van der Waals surface area contributed by atoms with Crippen LogP contribution in [-0.4, -0.2) is 25.4 Å². The Labute approximate surface area is 105 Å². The number of benzene rings is 1. The van der Waals surface area contributed by atoms with Gasteiger partial charge in [-0.05, 0) is 24.6 Å². The second kappa shape index (κ2) is 6.77. The number of hydrogen-bond donors (Lipinski definition) is 1. The molecule has 90 valence electrons. The monoisotopic (exact) mass is 252 g/mol. The summed E-state index contributed by atoms with van der Waals surface area (Å²) < 4.78 is 5.08. The van der Waals surface area contributed by atoms with Gasteiger partial charge in [-0.2, -0.15) is 5.26 Å². The molecule has 1 aromatic rings. The maximum absolute atomic E-state index is 11.8. The van der Waals surface area contributed by atoms with E-state index in [4.69, 9.17) is 21.6 Å². The lowest BCUT2D eigenvalue weighted by atomic mass is 10.1. The molecule has 1 aromatic carbocycles.